The minimum absolute atomic E-state index is 0.0477. The number of hydrogen-bond donors (Lipinski definition) is 1. The fourth-order valence-corrected chi connectivity index (χ4v) is 7.18. The summed E-state index contributed by atoms with van der Waals surface area (Å²) in [4.78, 5) is 16.2. The number of aromatic nitrogens is 2. The van der Waals surface area contributed by atoms with Crippen LogP contribution >= 0.6 is 11.3 Å². The Kier molecular flexibility index (Phi) is 6.69. The zero-order valence-electron chi connectivity index (χ0n) is 21.9. The van der Waals surface area contributed by atoms with E-state index >= 15 is 0 Å². The summed E-state index contributed by atoms with van der Waals surface area (Å²) in [6.45, 7) is 1.86. The lowest BCUT2D eigenvalue weighted by molar-refractivity contribution is 0.0697. The standard InChI is InChI=1S/C32H20FN3O4S2/c1-19-2-9-24(10-3-19)42(39,40)36-28-11-8-23(33)17-26(28)30(25-13-15-41-29(25)18-34)31(36)22-12-14-35-27(16-22)20-4-6-21(7-5-20)32(37)38/h2-17H,1H3,(H,37,38). The number of rotatable bonds is 6. The van der Waals surface area contributed by atoms with Crippen LogP contribution in [-0.4, -0.2) is 28.5 Å². The molecular weight excluding hydrogens is 574 g/mol. The molecule has 3 heterocycles. The summed E-state index contributed by atoms with van der Waals surface area (Å²) in [5.41, 5.74) is 3.93. The van der Waals surface area contributed by atoms with Crippen LogP contribution in [0.5, 0.6) is 0 Å². The number of thiophene rings is 1. The highest BCUT2D eigenvalue weighted by atomic mass is 32.2. The van der Waals surface area contributed by atoms with Crippen molar-refractivity contribution in [3.8, 4) is 39.7 Å². The van der Waals surface area contributed by atoms with E-state index in [-0.39, 0.29) is 21.7 Å². The molecule has 0 atom stereocenters. The summed E-state index contributed by atoms with van der Waals surface area (Å²) >= 11 is 1.21. The number of hydrogen-bond acceptors (Lipinski definition) is 6. The van der Waals surface area contributed by atoms with Crippen molar-refractivity contribution in [3.63, 3.8) is 0 Å². The monoisotopic (exact) mass is 593 g/mol. The van der Waals surface area contributed by atoms with Gasteiger partial charge in [0.1, 0.15) is 16.8 Å². The first-order valence-electron chi connectivity index (χ1n) is 12.6. The van der Waals surface area contributed by atoms with Crippen LogP contribution < -0.4 is 0 Å². The van der Waals surface area contributed by atoms with E-state index in [4.69, 9.17) is 0 Å². The molecule has 6 aromatic rings. The maximum Gasteiger partial charge on any atom is 0.335 e. The molecule has 1 N–H and O–H groups in total. The van der Waals surface area contributed by atoms with Gasteiger partial charge >= 0.3 is 5.97 Å². The number of pyridine rings is 1. The summed E-state index contributed by atoms with van der Waals surface area (Å²) in [7, 11) is -4.23. The number of aromatic carboxylic acids is 1. The smallest absolute Gasteiger partial charge is 0.335 e. The van der Waals surface area contributed by atoms with Gasteiger partial charge in [-0.1, -0.05) is 29.8 Å². The van der Waals surface area contributed by atoms with E-state index in [0.717, 1.165) is 5.56 Å². The SMILES string of the molecule is Cc1ccc(S(=O)(=O)n2c(-c3ccnc(-c4ccc(C(=O)O)cc4)c3)c(-c3ccsc3C#N)c3cc(F)ccc32)cc1. The quantitative estimate of drug-likeness (QED) is 0.216. The molecule has 206 valence electrons. The molecule has 10 heteroatoms. The predicted octanol–water partition coefficient (Wildman–Crippen LogP) is 7.35. The summed E-state index contributed by atoms with van der Waals surface area (Å²) in [6.07, 6.45) is 1.53. The van der Waals surface area contributed by atoms with E-state index in [1.165, 1.54) is 64.0 Å². The van der Waals surface area contributed by atoms with E-state index in [0.29, 0.717) is 38.2 Å². The third kappa shape index (κ3) is 4.55. The summed E-state index contributed by atoms with van der Waals surface area (Å²) in [5.74, 6) is -1.61. The van der Waals surface area contributed by atoms with Crippen LogP contribution in [0.2, 0.25) is 0 Å². The summed E-state index contributed by atoms with van der Waals surface area (Å²) in [6, 6.07) is 23.8. The van der Waals surface area contributed by atoms with Gasteiger partial charge in [0, 0.05) is 33.8 Å². The molecule has 0 fully saturated rings. The van der Waals surface area contributed by atoms with Crippen molar-refractivity contribution in [3.05, 3.63) is 118 Å². The van der Waals surface area contributed by atoms with Gasteiger partial charge in [-0.15, -0.1) is 11.3 Å². The number of aryl methyl sites for hydroxylation is 1. The van der Waals surface area contributed by atoms with E-state index in [2.05, 4.69) is 11.1 Å². The number of carbonyl (C=O) groups is 1. The number of nitriles is 1. The first-order valence-corrected chi connectivity index (χ1v) is 15.0. The van der Waals surface area contributed by atoms with E-state index in [9.17, 15) is 28.0 Å². The van der Waals surface area contributed by atoms with Crippen LogP contribution in [-0.2, 0) is 10.0 Å². The molecule has 0 aliphatic rings. The molecule has 3 aromatic heterocycles. The topological polar surface area (TPSA) is 113 Å². The first-order chi connectivity index (χ1) is 20.2. The zero-order chi connectivity index (χ0) is 29.6. The van der Waals surface area contributed by atoms with Crippen molar-refractivity contribution in [2.24, 2.45) is 0 Å². The molecule has 0 amide bonds. The number of carboxylic acids is 1. The van der Waals surface area contributed by atoms with Gasteiger partial charge in [-0.25, -0.2) is 21.6 Å². The summed E-state index contributed by atoms with van der Waals surface area (Å²) in [5, 5.41) is 21.2. The van der Waals surface area contributed by atoms with Gasteiger partial charge in [0.05, 0.1) is 27.4 Å². The average molecular weight is 594 g/mol. The van der Waals surface area contributed by atoms with Gasteiger partial charge in [-0.3, -0.25) is 4.98 Å². The first kappa shape index (κ1) is 27.1. The molecule has 0 aliphatic heterocycles. The Morgan fingerprint density at radius 1 is 0.976 bits per heavy atom. The van der Waals surface area contributed by atoms with Crippen LogP contribution in [0, 0.1) is 24.1 Å². The van der Waals surface area contributed by atoms with Gasteiger partial charge < -0.3 is 5.11 Å². The second kappa shape index (κ2) is 10.4. The highest BCUT2D eigenvalue weighted by Crippen LogP contribution is 2.45. The molecule has 6 rings (SSSR count). The molecule has 0 radical (unpaired) electrons. The molecule has 3 aromatic carbocycles. The van der Waals surface area contributed by atoms with Crippen molar-refractivity contribution in [1.29, 1.82) is 5.26 Å². The lowest BCUT2D eigenvalue weighted by Crippen LogP contribution is -2.14. The zero-order valence-corrected chi connectivity index (χ0v) is 23.6. The number of carboxylic acid groups (broad SMARTS) is 1. The van der Waals surface area contributed by atoms with Gasteiger partial charge in [0.25, 0.3) is 10.0 Å². The number of halogens is 1. The Morgan fingerprint density at radius 2 is 1.71 bits per heavy atom. The Hall–Kier alpha value is -5.11. The minimum Gasteiger partial charge on any atom is -0.478 e. The Bertz CT molecular complexity index is 2160. The highest BCUT2D eigenvalue weighted by molar-refractivity contribution is 7.90. The molecule has 0 unspecified atom stereocenters. The molecule has 0 saturated heterocycles. The number of nitrogens with zero attached hydrogens (tertiary/aromatic N) is 3. The maximum atomic E-state index is 14.8. The fraction of sp³-hybridized carbons (Fsp3) is 0.0312. The molecule has 7 nitrogen and oxygen atoms in total. The Balaban J connectivity index is 1.71. The maximum absolute atomic E-state index is 14.8. The van der Waals surface area contributed by atoms with Crippen molar-refractivity contribution in [2.75, 3.05) is 0 Å². The lowest BCUT2D eigenvalue weighted by atomic mass is 9.98. The fourth-order valence-electron chi connectivity index (χ4n) is 4.95. The molecule has 0 saturated carbocycles. The predicted molar refractivity (Wildman–Crippen MR) is 159 cm³/mol. The molecule has 0 aliphatic carbocycles. The average Bonchev–Trinajstić information content (AvgIpc) is 3.59. The van der Waals surface area contributed by atoms with Crippen molar-refractivity contribution in [1.82, 2.24) is 8.96 Å². The van der Waals surface area contributed by atoms with Crippen LogP contribution in [0.1, 0.15) is 20.8 Å². The third-order valence-electron chi connectivity index (χ3n) is 6.94. The number of fused-ring (bicyclic) bond motifs is 1. The lowest BCUT2D eigenvalue weighted by Gasteiger charge is -2.15. The normalized spacial score (nSPS) is 11.5. The summed E-state index contributed by atoms with van der Waals surface area (Å²) < 4.78 is 44.7. The second-order valence-electron chi connectivity index (χ2n) is 9.56. The van der Waals surface area contributed by atoms with Crippen molar-refractivity contribution >= 4 is 38.2 Å². The third-order valence-corrected chi connectivity index (χ3v) is 9.49. The van der Waals surface area contributed by atoms with E-state index in [1.54, 1.807) is 47.8 Å². The van der Waals surface area contributed by atoms with Crippen LogP contribution in [0.4, 0.5) is 4.39 Å². The van der Waals surface area contributed by atoms with Gasteiger partial charge in [0.15, 0.2) is 0 Å². The minimum atomic E-state index is -4.23. The molecule has 0 spiro atoms. The largest absolute Gasteiger partial charge is 0.478 e. The van der Waals surface area contributed by atoms with Gasteiger partial charge in [-0.2, -0.15) is 5.26 Å². The van der Waals surface area contributed by atoms with Crippen LogP contribution in [0.3, 0.4) is 0 Å². The van der Waals surface area contributed by atoms with E-state index < -0.39 is 21.8 Å². The molecule has 0 bridgehead atoms. The van der Waals surface area contributed by atoms with Gasteiger partial charge in [-0.05, 0) is 73.0 Å². The van der Waals surface area contributed by atoms with Gasteiger partial charge in [0.2, 0.25) is 0 Å². The Labute approximate surface area is 244 Å². The van der Waals surface area contributed by atoms with Crippen molar-refractivity contribution < 1.29 is 22.7 Å². The molecule has 42 heavy (non-hydrogen) atoms. The second-order valence-corrected chi connectivity index (χ2v) is 12.3. The molecular formula is C32H20FN3O4S2. The Morgan fingerprint density at radius 3 is 2.40 bits per heavy atom. The van der Waals surface area contributed by atoms with Crippen LogP contribution in [0.25, 0.3) is 44.5 Å². The van der Waals surface area contributed by atoms with Crippen LogP contribution in [0.15, 0.2) is 101 Å². The van der Waals surface area contributed by atoms with E-state index in [1.807, 2.05) is 6.92 Å². The number of benzene rings is 3. The highest BCUT2D eigenvalue weighted by Gasteiger charge is 2.30. The van der Waals surface area contributed by atoms with Crippen molar-refractivity contribution in [2.45, 2.75) is 11.8 Å².